The zero-order valence-electron chi connectivity index (χ0n) is 19.7. The number of esters is 1. The van der Waals surface area contributed by atoms with Crippen molar-refractivity contribution in [3.05, 3.63) is 53.7 Å². The summed E-state index contributed by atoms with van der Waals surface area (Å²) in [4.78, 5) is 46.2. The first-order chi connectivity index (χ1) is 16.5. The minimum absolute atomic E-state index is 0.0531. The number of pyridine rings is 1. The number of likely N-dealkylation sites (tertiary alicyclic amines) is 1. The van der Waals surface area contributed by atoms with Crippen LogP contribution in [0, 0.1) is 5.92 Å². The number of hydrogen-bond donors (Lipinski definition) is 1. The van der Waals surface area contributed by atoms with Crippen molar-refractivity contribution in [3.63, 3.8) is 0 Å². The highest BCUT2D eigenvalue weighted by Gasteiger charge is 2.27. The van der Waals surface area contributed by atoms with Gasteiger partial charge in [-0.25, -0.2) is 9.78 Å². The second-order valence-corrected chi connectivity index (χ2v) is 8.81. The predicted molar refractivity (Wildman–Crippen MR) is 130 cm³/mol. The van der Waals surface area contributed by atoms with Gasteiger partial charge in [0.2, 0.25) is 5.91 Å². The van der Waals surface area contributed by atoms with E-state index < -0.39 is 5.97 Å². The molecule has 0 radical (unpaired) electrons. The predicted octanol–water partition coefficient (Wildman–Crippen LogP) is 3.74. The summed E-state index contributed by atoms with van der Waals surface area (Å²) in [6.07, 6.45) is 6.39. The molecule has 2 aliphatic heterocycles. The molecule has 1 aromatic carbocycles. The molecule has 0 unspecified atom stereocenters. The van der Waals surface area contributed by atoms with Crippen LogP contribution in [0.5, 0.6) is 0 Å². The third-order valence-electron chi connectivity index (χ3n) is 6.47. The number of hydrogen-bond acceptors (Lipinski definition) is 6. The number of carbonyl (C=O) groups excluding carboxylic acids is 3. The average molecular weight is 465 g/mol. The van der Waals surface area contributed by atoms with Gasteiger partial charge in [0, 0.05) is 49.5 Å². The first kappa shape index (κ1) is 23.7. The maximum atomic E-state index is 12.8. The molecule has 2 saturated heterocycles. The molecule has 2 fully saturated rings. The summed E-state index contributed by atoms with van der Waals surface area (Å²) in [6.45, 7) is 5.08. The fraction of sp³-hybridized carbons (Fsp3) is 0.462. The van der Waals surface area contributed by atoms with Crippen molar-refractivity contribution in [2.24, 2.45) is 5.92 Å². The molecule has 8 heteroatoms. The van der Waals surface area contributed by atoms with Crippen molar-refractivity contribution in [1.82, 2.24) is 9.88 Å². The summed E-state index contributed by atoms with van der Waals surface area (Å²) < 4.78 is 5.03. The number of benzene rings is 1. The molecule has 2 aromatic rings. The monoisotopic (exact) mass is 464 g/mol. The van der Waals surface area contributed by atoms with Gasteiger partial charge in [-0.2, -0.15) is 0 Å². The SMILES string of the molecule is CCOC(=O)c1cccc(NC(=O)C2CCN(c3cc(C(=O)N4CCCCC4)ccn3)CC2)c1. The summed E-state index contributed by atoms with van der Waals surface area (Å²) in [6, 6.07) is 10.5. The number of aromatic nitrogens is 1. The second-order valence-electron chi connectivity index (χ2n) is 8.81. The quantitative estimate of drug-likeness (QED) is 0.655. The molecule has 3 heterocycles. The van der Waals surface area contributed by atoms with Crippen LogP contribution >= 0.6 is 0 Å². The van der Waals surface area contributed by atoms with E-state index in [1.165, 1.54) is 6.42 Å². The van der Waals surface area contributed by atoms with Crippen molar-refractivity contribution in [1.29, 1.82) is 0 Å². The van der Waals surface area contributed by atoms with Gasteiger partial charge in [0.15, 0.2) is 0 Å². The van der Waals surface area contributed by atoms with Gasteiger partial charge in [-0.15, -0.1) is 0 Å². The molecule has 0 bridgehead atoms. The van der Waals surface area contributed by atoms with E-state index in [1.807, 2.05) is 11.0 Å². The molecule has 0 aliphatic carbocycles. The molecule has 0 atom stereocenters. The van der Waals surface area contributed by atoms with E-state index in [4.69, 9.17) is 4.74 Å². The van der Waals surface area contributed by atoms with Crippen LogP contribution in [0.25, 0.3) is 0 Å². The number of carbonyl (C=O) groups is 3. The van der Waals surface area contributed by atoms with Crippen LogP contribution in [0.2, 0.25) is 0 Å². The smallest absolute Gasteiger partial charge is 0.338 e. The molecule has 2 amide bonds. The van der Waals surface area contributed by atoms with Crippen LogP contribution in [0.1, 0.15) is 59.7 Å². The highest BCUT2D eigenvalue weighted by atomic mass is 16.5. The molecule has 0 spiro atoms. The minimum atomic E-state index is -0.402. The largest absolute Gasteiger partial charge is 0.462 e. The molecule has 1 N–H and O–H groups in total. The maximum Gasteiger partial charge on any atom is 0.338 e. The van der Waals surface area contributed by atoms with E-state index in [9.17, 15) is 14.4 Å². The third-order valence-corrected chi connectivity index (χ3v) is 6.47. The lowest BCUT2D eigenvalue weighted by Gasteiger charge is -2.32. The Morgan fingerprint density at radius 1 is 1.00 bits per heavy atom. The van der Waals surface area contributed by atoms with E-state index in [0.717, 1.165) is 31.7 Å². The Labute approximate surface area is 200 Å². The average Bonchev–Trinajstić information content (AvgIpc) is 2.89. The third kappa shape index (κ3) is 5.73. The van der Waals surface area contributed by atoms with E-state index in [1.54, 1.807) is 43.5 Å². The standard InChI is InChI=1S/C26H32N4O4/c1-2-34-26(33)21-7-6-8-22(17-21)28-24(31)19-10-15-29(16-11-19)23-18-20(9-12-27-23)25(32)30-13-4-3-5-14-30/h6-9,12,17-19H,2-5,10-11,13-16H2,1H3,(H,28,31). The van der Waals surface area contributed by atoms with E-state index >= 15 is 0 Å². The van der Waals surface area contributed by atoms with Gasteiger partial charge in [-0.3, -0.25) is 9.59 Å². The van der Waals surface area contributed by atoms with Crippen LogP contribution in [0.15, 0.2) is 42.6 Å². The summed E-state index contributed by atoms with van der Waals surface area (Å²) in [7, 11) is 0. The first-order valence-electron chi connectivity index (χ1n) is 12.1. The van der Waals surface area contributed by atoms with Gasteiger partial charge in [-0.05, 0) is 69.4 Å². The number of piperidine rings is 2. The zero-order chi connectivity index (χ0) is 23.9. The van der Waals surface area contributed by atoms with Crippen LogP contribution in [-0.2, 0) is 9.53 Å². The Hall–Kier alpha value is -3.42. The van der Waals surface area contributed by atoms with Gasteiger partial charge in [0.05, 0.1) is 12.2 Å². The molecule has 34 heavy (non-hydrogen) atoms. The summed E-state index contributed by atoms with van der Waals surface area (Å²) in [5.41, 5.74) is 1.68. The normalized spacial score (nSPS) is 16.7. The number of nitrogens with zero attached hydrogens (tertiary/aromatic N) is 3. The lowest BCUT2D eigenvalue weighted by molar-refractivity contribution is -0.120. The Kier molecular flexibility index (Phi) is 7.77. The van der Waals surface area contributed by atoms with Gasteiger partial charge >= 0.3 is 5.97 Å². The molecular formula is C26H32N4O4. The van der Waals surface area contributed by atoms with Gasteiger partial charge in [0.25, 0.3) is 5.91 Å². The van der Waals surface area contributed by atoms with E-state index in [0.29, 0.717) is 49.4 Å². The minimum Gasteiger partial charge on any atom is -0.462 e. The first-order valence-corrected chi connectivity index (χ1v) is 12.1. The second kappa shape index (κ2) is 11.1. The van der Waals surface area contributed by atoms with Gasteiger partial charge < -0.3 is 19.9 Å². The Morgan fingerprint density at radius 3 is 2.50 bits per heavy atom. The summed E-state index contributed by atoms with van der Waals surface area (Å²) >= 11 is 0. The fourth-order valence-electron chi connectivity index (χ4n) is 4.56. The molecule has 180 valence electrons. The van der Waals surface area contributed by atoms with Gasteiger partial charge in [-0.1, -0.05) is 6.07 Å². The van der Waals surface area contributed by atoms with Crippen molar-refractivity contribution in [2.45, 2.75) is 39.0 Å². The number of amides is 2. The van der Waals surface area contributed by atoms with Gasteiger partial charge in [0.1, 0.15) is 5.82 Å². The zero-order valence-corrected chi connectivity index (χ0v) is 19.7. The van der Waals surface area contributed by atoms with Crippen molar-refractivity contribution in [2.75, 3.05) is 43.0 Å². The van der Waals surface area contributed by atoms with E-state index in [-0.39, 0.29) is 17.7 Å². The number of rotatable bonds is 6. The number of anilines is 2. The maximum absolute atomic E-state index is 12.8. The topological polar surface area (TPSA) is 91.8 Å². The van der Waals surface area contributed by atoms with Crippen LogP contribution in [0.4, 0.5) is 11.5 Å². The molecule has 2 aliphatic rings. The Bertz CT molecular complexity index is 1030. The Morgan fingerprint density at radius 2 is 1.76 bits per heavy atom. The lowest BCUT2D eigenvalue weighted by atomic mass is 9.95. The highest BCUT2D eigenvalue weighted by molar-refractivity contribution is 5.96. The summed E-state index contributed by atoms with van der Waals surface area (Å²) in [5.74, 6) is 0.273. The Balaban J connectivity index is 1.33. The van der Waals surface area contributed by atoms with E-state index in [2.05, 4.69) is 15.2 Å². The molecule has 1 aromatic heterocycles. The van der Waals surface area contributed by atoms with Crippen molar-refractivity contribution >= 4 is 29.3 Å². The molecule has 8 nitrogen and oxygen atoms in total. The molecule has 4 rings (SSSR count). The van der Waals surface area contributed by atoms with Crippen LogP contribution < -0.4 is 10.2 Å². The summed E-state index contributed by atoms with van der Waals surface area (Å²) in [5, 5.41) is 2.93. The lowest BCUT2D eigenvalue weighted by Crippen LogP contribution is -2.39. The van der Waals surface area contributed by atoms with Crippen LogP contribution in [-0.4, -0.2) is 60.5 Å². The fourth-order valence-corrected chi connectivity index (χ4v) is 4.56. The van der Waals surface area contributed by atoms with Crippen molar-refractivity contribution in [3.8, 4) is 0 Å². The number of nitrogens with one attached hydrogen (secondary N) is 1. The molecular weight excluding hydrogens is 432 g/mol. The highest BCUT2D eigenvalue weighted by Crippen LogP contribution is 2.25. The molecule has 0 saturated carbocycles. The van der Waals surface area contributed by atoms with Crippen LogP contribution in [0.3, 0.4) is 0 Å². The number of ether oxygens (including phenoxy) is 1. The van der Waals surface area contributed by atoms with Crippen molar-refractivity contribution < 1.29 is 19.1 Å².